The van der Waals surface area contributed by atoms with Crippen LogP contribution in [0.4, 0.5) is 22.0 Å². The number of fused-ring (bicyclic) bond motifs is 1. The summed E-state index contributed by atoms with van der Waals surface area (Å²) in [5.41, 5.74) is -0.894. The Morgan fingerprint density at radius 2 is 1.82 bits per heavy atom. The van der Waals surface area contributed by atoms with E-state index in [0.717, 1.165) is 16.8 Å². The number of aromatic nitrogens is 2. The second-order valence-corrected chi connectivity index (χ2v) is 8.99. The van der Waals surface area contributed by atoms with E-state index in [1.54, 1.807) is 0 Å². The zero-order valence-corrected chi connectivity index (χ0v) is 18.2. The summed E-state index contributed by atoms with van der Waals surface area (Å²) in [6.45, 7) is -0.313. The fourth-order valence-electron chi connectivity index (χ4n) is 4.85. The number of carbonyl (C=O) groups excluding carboxylic acids is 1. The highest BCUT2D eigenvalue weighted by molar-refractivity contribution is 5.77. The number of hydrogen-bond acceptors (Lipinski definition) is 3. The lowest BCUT2D eigenvalue weighted by Gasteiger charge is -2.31. The topological polar surface area (TPSA) is 75.4 Å². The van der Waals surface area contributed by atoms with Crippen LogP contribution in [0.25, 0.3) is 0 Å². The minimum Gasteiger partial charge on any atom is -0.481 e. The number of halogens is 5. The van der Waals surface area contributed by atoms with Gasteiger partial charge in [0, 0.05) is 30.2 Å². The van der Waals surface area contributed by atoms with Crippen molar-refractivity contribution in [3.63, 3.8) is 0 Å². The van der Waals surface area contributed by atoms with Gasteiger partial charge in [-0.2, -0.15) is 18.3 Å². The van der Waals surface area contributed by atoms with Gasteiger partial charge in [-0.1, -0.05) is 6.07 Å². The van der Waals surface area contributed by atoms with Crippen LogP contribution in [-0.2, 0) is 35.3 Å². The number of nitrogens with zero attached hydrogens (tertiary/aromatic N) is 3. The van der Waals surface area contributed by atoms with Gasteiger partial charge in [0.2, 0.25) is 5.91 Å². The van der Waals surface area contributed by atoms with Gasteiger partial charge >= 0.3 is 12.1 Å². The highest BCUT2D eigenvalue weighted by Gasteiger charge is 2.41. The van der Waals surface area contributed by atoms with Gasteiger partial charge in [-0.05, 0) is 44.1 Å². The molecule has 1 aliphatic heterocycles. The molecule has 0 spiro atoms. The zero-order chi connectivity index (χ0) is 24.6. The summed E-state index contributed by atoms with van der Waals surface area (Å²) in [5, 5.41) is 12.8. The first-order valence-electron chi connectivity index (χ1n) is 11.1. The number of amides is 1. The van der Waals surface area contributed by atoms with Crippen LogP contribution in [-0.4, -0.2) is 38.2 Å². The third-order valence-corrected chi connectivity index (χ3v) is 6.75. The number of aliphatic carboxylic acids is 1. The minimum absolute atomic E-state index is 0.0129. The number of carbonyl (C=O) groups is 2. The van der Waals surface area contributed by atoms with Gasteiger partial charge in [-0.15, -0.1) is 0 Å². The van der Waals surface area contributed by atoms with Crippen molar-refractivity contribution in [2.45, 2.75) is 57.8 Å². The minimum atomic E-state index is -4.70. The molecule has 0 atom stereocenters. The molecule has 1 amide bonds. The third-order valence-electron chi connectivity index (χ3n) is 6.75. The standard InChI is InChI=1S/C23H24F5N3O3/c24-16-6-5-15(18(25)10-16)11-31-19-12-30(8-7-17(19)21(29-31)23(26,27)28)20(32)9-13-1-3-14(4-2-13)22(33)34/h5-6,10,13-14H,1-4,7-9,11-12H2,(H,33,34). The Morgan fingerprint density at radius 3 is 2.44 bits per heavy atom. The lowest BCUT2D eigenvalue weighted by Crippen LogP contribution is -2.38. The van der Waals surface area contributed by atoms with E-state index in [0.29, 0.717) is 31.7 Å². The number of benzene rings is 1. The van der Waals surface area contributed by atoms with Gasteiger partial charge < -0.3 is 10.0 Å². The highest BCUT2D eigenvalue weighted by Crippen LogP contribution is 2.36. The Bertz CT molecular complexity index is 1090. The second-order valence-electron chi connectivity index (χ2n) is 8.99. The second kappa shape index (κ2) is 9.34. The summed E-state index contributed by atoms with van der Waals surface area (Å²) in [7, 11) is 0. The number of rotatable bonds is 5. The van der Waals surface area contributed by atoms with Gasteiger partial charge in [0.1, 0.15) is 11.6 Å². The van der Waals surface area contributed by atoms with Gasteiger partial charge in [-0.25, -0.2) is 8.78 Å². The molecule has 1 aliphatic carbocycles. The normalized spacial score (nSPS) is 20.8. The van der Waals surface area contributed by atoms with Crippen LogP contribution in [0.2, 0.25) is 0 Å². The van der Waals surface area contributed by atoms with Gasteiger partial charge in [0.15, 0.2) is 5.69 Å². The van der Waals surface area contributed by atoms with E-state index in [1.807, 2.05) is 0 Å². The van der Waals surface area contributed by atoms with E-state index < -0.39 is 35.4 Å². The molecule has 2 aromatic rings. The predicted octanol–water partition coefficient (Wildman–Crippen LogP) is 4.39. The van der Waals surface area contributed by atoms with Crippen LogP contribution in [0.3, 0.4) is 0 Å². The average molecular weight is 485 g/mol. The molecule has 2 aliphatic rings. The largest absolute Gasteiger partial charge is 0.481 e. The maximum atomic E-state index is 14.1. The van der Waals surface area contributed by atoms with Crippen LogP contribution in [0.1, 0.15) is 54.6 Å². The number of carboxylic acid groups (broad SMARTS) is 1. The lowest BCUT2D eigenvalue weighted by atomic mass is 9.80. The smallest absolute Gasteiger partial charge is 0.435 e. The summed E-state index contributed by atoms with van der Waals surface area (Å²) in [6, 6.07) is 2.84. The Balaban J connectivity index is 1.52. The Hall–Kier alpha value is -2.98. The molecule has 4 rings (SSSR count). The van der Waals surface area contributed by atoms with Crippen LogP contribution in [0.5, 0.6) is 0 Å². The quantitative estimate of drug-likeness (QED) is 0.638. The lowest BCUT2D eigenvalue weighted by molar-refractivity contribution is -0.143. The molecule has 0 unspecified atom stereocenters. The van der Waals surface area contributed by atoms with Crippen molar-refractivity contribution in [3.8, 4) is 0 Å². The monoisotopic (exact) mass is 485 g/mol. The van der Waals surface area contributed by atoms with E-state index >= 15 is 0 Å². The molecular weight excluding hydrogens is 461 g/mol. The van der Waals surface area contributed by atoms with Crippen molar-refractivity contribution in [1.82, 2.24) is 14.7 Å². The van der Waals surface area contributed by atoms with Crippen LogP contribution in [0.15, 0.2) is 18.2 Å². The molecule has 2 heterocycles. The van der Waals surface area contributed by atoms with Crippen molar-refractivity contribution >= 4 is 11.9 Å². The Kier molecular flexibility index (Phi) is 6.64. The Morgan fingerprint density at radius 1 is 1.12 bits per heavy atom. The van der Waals surface area contributed by atoms with Gasteiger partial charge in [-0.3, -0.25) is 14.3 Å². The SMILES string of the molecule is O=C(O)C1CCC(CC(=O)N2CCc3c(C(F)(F)F)nn(Cc4ccc(F)cc4F)c3C2)CC1. The molecular formula is C23H24F5N3O3. The first kappa shape index (κ1) is 24.2. The van der Waals surface area contributed by atoms with E-state index in [9.17, 15) is 31.5 Å². The summed E-state index contributed by atoms with van der Waals surface area (Å²) < 4.78 is 69.2. The Labute approximate surface area is 192 Å². The number of carboxylic acids is 1. The van der Waals surface area contributed by atoms with Crippen molar-refractivity contribution < 1.29 is 36.6 Å². The first-order valence-corrected chi connectivity index (χ1v) is 11.1. The molecule has 1 fully saturated rings. The fraction of sp³-hybridized carbons (Fsp3) is 0.522. The summed E-state index contributed by atoms with van der Waals surface area (Å²) >= 11 is 0. The summed E-state index contributed by atoms with van der Waals surface area (Å²) in [5.74, 6) is -3.09. The molecule has 6 nitrogen and oxygen atoms in total. The van der Waals surface area contributed by atoms with Gasteiger partial charge in [0.25, 0.3) is 0 Å². The molecule has 34 heavy (non-hydrogen) atoms. The number of hydrogen-bond donors (Lipinski definition) is 1. The molecule has 11 heteroatoms. The van der Waals surface area contributed by atoms with E-state index in [4.69, 9.17) is 5.11 Å². The van der Waals surface area contributed by atoms with Crippen molar-refractivity contribution in [2.24, 2.45) is 11.8 Å². The van der Waals surface area contributed by atoms with E-state index in [2.05, 4.69) is 5.10 Å². The molecule has 1 aromatic carbocycles. The first-order chi connectivity index (χ1) is 16.0. The van der Waals surface area contributed by atoms with Crippen LogP contribution >= 0.6 is 0 Å². The van der Waals surface area contributed by atoms with E-state index in [-0.39, 0.29) is 61.1 Å². The fourth-order valence-corrected chi connectivity index (χ4v) is 4.85. The molecule has 0 radical (unpaired) electrons. The van der Waals surface area contributed by atoms with Crippen LogP contribution < -0.4 is 0 Å². The maximum absolute atomic E-state index is 14.1. The van der Waals surface area contributed by atoms with Gasteiger partial charge in [0.05, 0.1) is 24.7 Å². The summed E-state index contributed by atoms with van der Waals surface area (Å²) in [4.78, 5) is 25.5. The summed E-state index contributed by atoms with van der Waals surface area (Å²) in [6.07, 6.45) is -2.30. The highest BCUT2D eigenvalue weighted by atomic mass is 19.4. The van der Waals surface area contributed by atoms with Crippen molar-refractivity contribution in [1.29, 1.82) is 0 Å². The van der Waals surface area contributed by atoms with Crippen molar-refractivity contribution in [2.75, 3.05) is 6.54 Å². The zero-order valence-electron chi connectivity index (χ0n) is 18.2. The predicted molar refractivity (Wildman–Crippen MR) is 110 cm³/mol. The third kappa shape index (κ3) is 5.07. The van der Waals surface area contributed by atoms with Crippen molar-refractivity contribution in [3.05, 3.63) is 52.3 Å². The maximum Gasteiger partial charge on any atom is 0.435 e. The number of alkyl halides is 3. The molecule has 1 N–H and O–H groups in total. The molecule has 0 saturated heterocycles. The molecule has 184 valence electrons. The molecule has 0 bridgehead atoms. The average Bonchev–Trinajstić information content (AvgIpc) is 3.14. The molecule has 1 aromatic heterocycles. The molecule has 1 saturated carbocycles. The van der Waals surface area contributed by atoms with E-state index in [1.165, 1.54) is 4.90 Å². The van der Waals surface area contributed by atoms with Crippen LogP contribution in [0, 0.1) is 23.5 Å².